The van der Waals surface area contributed by atoms with Crippen LogP contribution in [0, 0.1) is 0 Å². The second-order valence-corrected chi connectivity index (χ2v) is 7.43. The summed E-state index contributed by atoms with van der Waals surface area (Å²) in [5, 5.41) is 0. The van der Waals surface area contributed by atoms with Crippen molar-refractivity contribution in [2.24, 2.45) is 0 Å². The van der Waals surface area contributed by atoms with Crippen LogP contribution in [0.2, 0.25) is 0 Å². The summed E-state index contributed by atoms with van der Waals surface area (Å²) in [6.45, 7) is 4.24. The van der Waals surface area contributed by atoms with Gasteiger partial charge in [0.05, 0.1) is 13.2 Å². The van der Waals surface area contributed by atoms with Gasteiger partial charge in [-0.15, -0.1) is 6.58 Å². The predicted octanol–water partition coefficient (Wildman–Crippen LogP) is 7.54. The van der Waals surface area contributed by atoms with Gasteiger partial charge in [0.25, 0.3) is 0 Å². The third kappa shape index (κ3) is 4.54. The fourth-order valence-corrected chi connectivity index (χ4v) is 4.09. The summed E-state index contributed by atoms with van der Waals surface area (Å²) in [6, 6.07) is 40.1. The van der Waals surface area contributed by atoms with Gasteiger partial charge in [0.2, 0.25) is 0 Å². The lowest BCUT2D eigenvalue weighted by Crippen LogP contribution is -2.28. The summed E-state index contributed by atoms with van der Waals surface area (Å²) in [4.78, 5) is 2.41. The minimum Gasteiger partial charge on any atom is -0.497 e. The van der Waals surface area contributed by atoms with Crippen LogP contribution in [-0.2, 0) is 0 Å². The van der Waals surface area contributed by atoms with Gasteiger partial charge in [0.1, 0.15) is 5.75 Å². The first kappa shape index (κ1) is 20.5. The molecule has 0 aliphatic rings. The van der Waals surface area contributed by atoms with Crippen LogP contribution in [0.1, 0.15) is 23.1 Å². The zero-order valence-corrected chi connectivity index (χ0v) is 17.8. The van der Waals surface area contributed by atoms with Gasteiger partial charge in [0.15, 0.2) is 0 Å². The lowest BCUT2D eigenvalue weighted by molar-refractivity contribution is 0.414. The van der Waals surface area contributed by atoms with Crippen molar-refractivity contribution in [3.63, 3.8) is 0 Å². The Morgan fingerprint density at radius 3 is 1.58 bits per heavy atom. The first-order valence-electron chi connectivity index (χ1n) is 10.5. The molecular weight excluding hydrogens is 378 g/mol. The highest BCUT2D eigenvalue weighted by atomic mass is 16.5. The van der Waals surface area contributed by atoms with E-state index in [0.717, 1.165) is 17.1 Å². The van der Waals surface area contributed by atoms with Crippen molar-refractivity contribution >= 4 is 11.4 Å². The molecule has 0 bridgehead atoms. The van der Waals surface area contributed by atoms with E-state index in [-0.39, 0.29) is 12.0 Å². The van der Waals surface area contributed by atoms with Gasteiger partial charge in [-0.2, -0.15) is 0 Å². The molecule has 0 aliphatic carbocycles. The Kier molecular flexibility index (Phi) is 6.49. The molecule has 154 valence electrons. The molecule has 2 atom stereocenters. The van der Waals surface area contributed by atoms with E-state index in [2.05, 4.69) is 121 Å². The quantitative estimate of drug-likeness (QED) is 0.281. The molecule has 0 heterocycles. The van der Waals surface area contributed by atoms with Crippen molar-refractivity contribution in [1.29, 1.82) is 0 Å². The molecule has 1 unspecified atom stereocenters. The smallest absolute Gasteiger partial charge is 0.118 e. The molecule has 0 fully saturated rings. The zero-order valence-electron chi connectivity index (χ0n) is 17.8. The fraction of sp³-hybridized carbons (Fsp3) is 0.103. The van der Waals surface area contributed by atoms with Crippen LogP contribution in [0.25, 0.3) is 0 Å². The monoisotopic (exact) mass is 405 g/mol. The van der Waals surface area contributed by atoms with Crippen LogP contribution in [0.5, 0.6) is 5.75 Å². The standard InChI is InChI=1S/C29H27NO/c1-3-28(23-19-21-27(31-2)22-20-23)29(24-13-7-4-8-14-24)30(25-15-9-5-10-16-25)26-17-11-6-12-18-26/h3-22,28-29H,1H2,2H3/t28-,29?/m1/s1. The summed E-state index contributed by atoms with van der Waals surface area (Å²) in [7, 11) is 1.69. The number of anilines is 2. The summed E-state index contributed by atoms with van der Waals surface area (Å²) >= 11 is 0. The number of hydrogen-bond acceptors (Lipinski definition) is 2. The van der Waals surface area contributed by atoms with Gasteiger partial charge < -0.3 is 9.64 Å². The summed E-state index contributed by atoms with van der Waals surface area (Å²) < 4.78 is 5.38. The normalized spacial score (nSPS) is 12.5. The Labute approximate surface area is 185 Å². The van der Waals surface area contributed by atoms with Crippen LogP contribution in [0.3, 0.4) is 0 Å². The highest BCUT2D eigenvalue weighted by molar-refractivity contribution is 5.66. The number of para-hydroxylation sites is 2. The average molecular weight is 406 g/mol. The first-order valence-corrected chi connectivity index (χ1v) is 10.5. The molecule has 0 radical (unpaired) electrons. The van der Waals surface area contributed by atoms with E-state index in [1.165, 1.54) is 11.1 Å². The summed E-state index contributed by atoms with van der Waals surface area (Å²) in [5.41, 5.74) is 4.71. The van der Waals surface area contributed by atoms with Crippen molar-refractivity contribution in [1.82, 2.24) is 0 Å². The topological polar surface area (TPSA) is 12.5 Å². The largest absolute Gasteiger partial charge is 0.497 e. The zero-order chi connectivity index (χ0) is 21.5. The molecule has 0 N–H and O–H groups in total. The van der Waals surface area contributed by atoms with E-state index in [4.69, 9.17) is 4.74 Å². The number of rotatable bonds is 8. The summed E-state index contributed by atoms with van der Waals surface area (Å²) in [6.07, 6.45) is 2.05. The Bertz CT molecular complexity index is 1040. The van der Waals surface area contributed by atoms with Gasteiger partial charge in [0, 0.05) is 17.3 Å². The van der Waals surface area contributed by atoms with Crippen LogP contribution in [0.4, 0.5) is 11.4 Å². The predicted molar refractivity (Wildman–Crippen MR) is 130 cm³/mol. The number of hydrogen-bond donors (Lipinski definition) is 0. The highest BCUT2D eigenvalue weighted by Gasteiger charge is 2.30. The molecule has 4 aromatic carbocycles. The third-order valence-electron chi connectivity index (χ3n) is 5.58. The van der Waals surface area contributed by atoms with Crippen LogP contribution in [0.15, 0.2) is 128 Å². The summed E-state index contributed by atoms with van der Waals surface area (Å²) in [5.74, 6) is 0.916. The molecule has 0 saturated heterocycles. The number of nitrogens with zero attached hydrogens (tertiary/aromatic N) is 1. The van der Waals surface area contributed by atoms with Crippen molar-refractivity contribution < 1.29 is 4.74 Å². The molecule has 31 heavy (non-hydrogen) atoms. The number of ether oxygens (including phenoxy) is 1. The van der Waals surface area contributed by atoms with Gasteiger partial charge in [-0.1, -0.05) is 84.9 Å². The lowest BCUT2D eigenvalue weighted by Gasteiger charge is -2.38. The van der Waals surface area contributed by atoms with Crippen molar-refractivity contribution in [3.05, 3.63) is 139 Å². The highest BCUT2D eigenvalue weighted by Crippen LogP contribution is 2.43. The van der Waals surface area contributed by atoms with E-state index < -0.39 is 0 Å². The Morgan fingerprint density at radius 2 is 1.13 bits per heavy atom. The first-order chi connectivity index (χ1) is 15.3. The van der Waals surface area contributed by atoms with Gasteiger partial charge >= 0.3 is 0 Å². The molecule has 4 aromatic rings. The molecule has 0 spiro atoms. The Balaban J connectivity index is 1.90. The molecule has 0 aliphatic heterocycles. The van der Waals surface area contributed by atoms with E-state index in [1.807, 2.05) is 12.1 Å². The molecular formula is C29H27NO. The SMILES string of the molecule is C=C[C@H](c1ccc(OC)cc1)C(c1ccccc1)N(c1ccccc1)c1ccccc1. The van der Waals surface area contributed by atoms with E-state index in [1.54, 1.807) is 7.11 Å². The maximum Gasteiger partial charge on any atom is 0.118 e. The number of benzene rings is 4. The second-order valence-electron chi connectivity index (χ2n) is 7.43. The minimum absolute atomic E-state index is 0.0249. The Morgan fingerprint density at radius 1 is 0.645 bits per heavy atom. The van der Waals surface area contributed by atoms with E-state index >= 15 is 0 Å². The average Bonchev–Trinajstić information content (AvgIpc) is 2.86. The molecule has 4 rings (SSSR count). The van der Waals surface area contributed by atoms with Gasteiger partial charge in [-0.3, -0.25) is 0 Å². The van der Waals surface area contributed by atoms with Crippen molar-refractivity contribution in [3.8, 4) is 5.75 Å². The van der Waals surface area contributed by atoms with E-state index in [0.29, 0.717) is 0 Å². The minimum atomic E-state index is 0.0249. The second kappa shape index (κ2) is 9.82. The maximum atomic E-state index is 5.38. The van der Waals surface area contributed by atoms with Gasteiger partial charge in [-0.25, -0.2) is 0 Å². The van der Waals surface area contributed by atoms with Crippen molar-refractivity contribution in [2.75, 3.05) is 12.0 Å². The van der Waals surface area contributed by atoms with Gasteiger partial charge in [-0.05, 0) is 47.5 Å². The molecule has 0 saturated carbocycles. The Hall–Kier alpha value is -3.78. The maximum absolute atomic E-state index is 5.38. The van der Waals surface area contributed by atoms with Crippen LogP contribution >= 0.6 is 0 Å². The third-order valence-corrected chi connectivity index (χ3v) is 5.58. The fourth-order valence-electron chi connectivity index (χ4n) is 4.09. The van der Waals surface area contributed by atoms with E-state index in [9.17, 15) is 0 Å². The number of methoxy groups -OCH3 is 1. The van der Waals surface area contributed by atoms with Crippen molar-refractivity contribution in [2.45, 2.75) is 12.0 Å². The van der Waals surface area contributed by atoms with Crippen LogP contribution in [-0.4, -0.2) is 7.11 Å². The molecule has 0 amide bonds. The lowest BCUT2D eigenvalue weighted by atomic mass is 9.85. The van der Waals surface area contributed by atoms with Crippen LogP contribution < -0.4 is 9.64 Å². The molecule has 0 aromatic heterocycles. The molecule has 2 heteroatoms. The molecule has 2 nitrogen and oxygen atoms in total.